The summed E-state index contributed by atoms with van der Waals surface area (Å²) in [7, 11) is 2.00. The van der Waals surface area contributed by atoms with Crippen LogP contribution in [0.4, 0.5) is 0 Å². The molecule has 3 aliphatic heterocycles. The average molecular weight is 381 g/mol. The Hall–Kier alpha value is -1.69. The summed E-state index contributed by atoms with van der Waals surface area (Å²) >= 11 is 0. The van der Waals surface area contributed by atoms with Crippen LogP contribution in [0.5, 0.6) is 0 Å². The summed E-state index contributed by atoms with van der Waals surface area (Å²) in [5.41, 5.74) is 4.81. The largest absolute Gasteiger partial charge is 0.381 e. The molecule has 0 bridgehead atoms. The molecule has 2 aromatic rings. The van der Waals surface area contributed by atoms with Crippen LogP contribution in [0.15, 0.2) is 36.7 Å². The molecule has 0 N–H and O–H groups in total. The average Bonchev–Trinajstić information content (AvgIpc) is 3.36. The molecule has 4 heterocycles. The zero-order chi connectivity index (χ0) is 19.0. The standard InChI is InChI=1S/C23H32N4O/c1-25-13-20(12-24-25)15-26-9-7-23(8-10-26)18-27(14-19-6-11-28-17-19)16-21-4-2-3-5-22(21)23/h2-5,12-13,19H,6-11,14-18H2,1H3. The maximum atomic E-state index is 5.64. The summed E-state index contributed by atoms with van der Waals surface area (Å²) in [6, 6.07) is 9.22. The molecule has 1 atom stereocenters. The van der Waals surface area contributed by atoms with Crippen molar-refractivity contribution in [2.75, 3.05) is 39.4 Å². The second kappa shape index (κ2) is 7.62. The van der Waals surface area contributed by atoms with E-state index < -0.39 is 0 Å². The van der Waals surface area contributed by atoms with Gasteiger partial charge in [-0.1, -0.05) is 24.3 Å². The van der Waals surface area contributed by atoms with Crippen LogP contribution in [0.1, 0.15) is 36.0 Å². The van der Waals surface area contributed by atoms with Gasteiger partial charge in [-0.2, -0.15) is 5.10 Å². The van der Waals surface area contributed by atoms with E-state index >= 15 is 0 Å². The number of rotatable bonds is 4. The quantitative estimate of drug-likeness (QED) is 0.817. The summed E-state index contributed by atoms with van der Waals surface area (Å²) in [5.74, 6) is 0.716. The molecule has 5 heteroatoms. The van der Waals surface area contributed by atoms with Crippen molar-refractivity contribution in [2.24, 2.45) is 13.0 Å². The van der Waals surface area contributed by atoms with Gasteiger partial charge in [0.25, 0.3) is 0 Å². The van der Waals surface area contributed by atoms with Crippen LogP contribution in [-0.4, -0.2) is 59.0 Å². The lowest BCUT2D eigenvalue weighted by atomic mass is 9.68. The summed E-state index contributed by atoms with van der Waals surface area (Å²) in [5, 5.41) is 4.33. The van der Waals surface area contributed by atoms with Gasteiger partial charge in [0.1, 0.15) is 0 Å². The number of fused-ring (bicyclic) bond motifs is 2. The van der Waals surface area contributed by atoms with Crippen LogP contribution in [0.25, 0.3) is 0 Å². The lowest BCUT2D eigenvalue weighted by molar-refractivity contribution is 0.0830. The Morgan fingerprint density at radius 3 is 2.79 bits per heavy atom. The molecule has 1 spiro atoms. The number of hydrogen-bond acceptors (Lipinski definition) is 4. The van der Waals surface area contributed by atoms with Gasteiger partial charge in [0.2, 0.25) is 0 Å². The fourth-order valence-electron chi connectivity index (χ4n) is 5.59. The topological polar surface area (TPSA) is 33.5 Å². The van der Waals surface area contributed by atoms with E-state index in [1.54, 1.807) is 11.1 Å². The van der Waals surface area contributed by atoms with E-state index in [9.17, 15) is 0 Å². The molecule has 1 unspecified atom stereocenters. The normalized spacial score (nSPS) is 25.2. The van der Waals surface area contributed by atoms with Crippen molar-refractivity contribution < 1.29 is 4.74 Å². The van der Waals surface area contributed by atoms with Crippen molar-refractivity contribution in [3.05, 3.63) is 53.3 Å². The van der Waals surface area contributed by atoms with E-state index in [2.05, 4.69) is 45.4 Å². The van der Waals surface area contributed by atoms with Gasteiger partial charge in [-0.05, 0) is 49.4 Å². The molecular formula is C23H32N4O. The number of nitrogens with zero attached hydrogens (tertiary/aromatic N) is 4. The van der Waals surface area contributed by atoms with Crippen molar-refractivity contribution in [3.63, 3.8) is 0 Å². The molecule has 3 aliphatic rings. The number of hydrogen-bond donors (Lipinski definition) is 0. The van der Waals surface area contributed by atoms with E-state index in [0.29, 0.717) is 11.3 Å². The predicted octanol–water partition coefficient (Wildman–Crippen LogP) is 2.81. The third-order valence-electron chi connectivity index (χ3n) is 7.03. The van der Waals surface area contributed by atoms with Crippen LogP contribution in [-0.2, 0) is 30.3 Å². The van der Waals surface area contributed by atoms with Gasteiger partial charge in [0.05, 0.1) is 12.8 Å². The van der Waals surface area contributed by atoms with Crippen LogP contribution in [0.2, 0.25) is 0 Å². The predicted molar refractivity (Wildman–Crippen MR) is 110 cm³/mol. The molecule has 2 fully saturated rings. The summed E-state index contributed by atoms with van der Waals surface area (Å²) in [6.45, 7) is 8.76. The van der Waals surface area contributed by atoms with E-state index in [4.69, 9.17) is 4.74 Å². The second-order valence-corrected chi connectivity index (χ2v) is 9.14. The first kappa shape index (κ1) is 18.3. The number of benzene rings is 1. The van der Waals surface area contributed by atoms with Gasteiger partial charge < -0.3 is 4.74 Å². The van der Waals surface area contributed by atoms with Crippen molar-refractivity contribution >= 4 is 0 Å². The first-order valence-corrected chi connectivity index (χ1v) is 10.8. The first-order valence-electron chi connectivity index (χ1n) is 10.8. The van der Waals surface area contributed by atoms with Crippen molar-refractivity contribution in [2.45, 2.75) is 37.8 Å². The summed E-state index contributed by atoms with van der Waals surface area (Å²) < 4.78 is 7.54. The Morgan fingerprint density at radius 1 is 1.18 bits per heavy atom. The number of piperidine rings is 1. The third-order valence-corrected chi connectivity index (χ3v) is 7.03. The Morgan fingerprint density at radius 2 is 2.04 bits per heavy atom. The van der Waals surface area contributed by atoms with Gasteiger partial charge >= 0.3 is 0 Å². The molecule has 1 aromatic carbocycles. The third kappa shape index (κ3) is 3.63. The molecule has 0 amide bonds. The van der Waals surface area contributed by atoms with Gasteiger partial charge in [-0.3, -0.25) is 14.5 Å². The van der Waals surface area contributed by atoms with Crippen molar-refractivity contribution in [1.29, 1.82) is 0 Å². The Bertz CT molecular complexity index is 802. The fraction of sp³-hybridized carbons (Fsp3) is 0.609. The van der Waals surface area contributed by atoms with Gasteiger partial charge in [0, 0.05) is 57.0 Å². The van der Waals surface area contributed by atoms with Crippen molar-refractivity contribution in [3.8, 4) is 0 Å². The number of aromatic nitrogens is 2. The van der Waals surface area contributed by atoms with Crippen LogP contribution in [0, 0.1) is 5.92 Å². The Balaban J connectivity index is 1.31. The minimum absolute atomic E-state index is 0.319. The van der Waals surface area contributed by atoms with Crippen molar-refractivity contribution in [1.82, 2.24) is 19.6 Å². The highest BCUT2D eigenvalue weighted by Gasteiger charge is 2.42. The number of aryl methyl sites for hydroxylation is 1. The second-order valence-electron chi connectivity index (χ2n) is 9.14. The van der Waals surface area contributed by atoms with Crippen LogP contribution >= 0.6 is 0 Å². The van der Waals surface area contributed by atoms with E-state index in [1.807, 2.05) is 17.9 Å². The summed E-state index contributed by atoms with van der Waals surface area (Å²) in [4.78, 5) is 5.33. The molecule has 28 heavy (non-hydrogen) atoms. The smallest absolute Gasteiger partial charge is 0.0534 e. The lowest BCUT2D eigenvalue weighted by Crippen LogP contribution is -2.52. The van der Waals surface area contributed by atoms with E-state index in [0.717, 1.165) is 26.3 Å². The monoisotopic (exact) mass is 380 g/mol. The SMILES string of the molecule is Cn1cc(CN2CCC3(CC2)CN(CC2CCOC2)Cc2ccccc23)cn1. The van der Waals surface area contributed by atoms with Crippen LogP contribution < -0.4 is 0 Å². The molecule has 0 radical (unpaired) electrons. The van der Waals surface area contributed by atoms with Gasteiger partial charge in [0.15, 0.2) is 0 Å². The zero-order valence-corrected chi connectivity index (χ0v) is 17.0. The molecular weight excluding hydrogens is 348 g/mol. The molecule has 150 valence electrons. The summed E-state index contributed by atoms with van der Waals surface area (Å²) in [6.07, 6.45) is 7.88. The Labute approximate surface area is 168 Å². The fourth-order valence-corrected chi connectivity index (χ4v) is 5.59. The Kier molecular flexibility index (Phi) is 4.99. The highest BCUT2D eigenvalue weighted by molar-refractivity contribution is 5.38. The van der Waals surface area contributed by atoms with E-state index in [1.165, 1.54) is 51.0 Å². The van der Waals surface area contributed by atoms with Gasteiger partial charge in [-0.15, -0.1) is 0 Å². The van der Waals surface area contributed by atoms with Gasteiger partial charge in [-0.25, -0.2) is 0 Å². The molecule has 0 aliphatic carbocycles. The number of ether oxygens (including phenoxy) is 1. The first-order chi connectivity index (χ1) is 13.7. The minimum atomic E-state index is 0.319. The lowest BCUT2D eigenvalue weighted by Gasteiger charge is -2.49. The molecule has 5 nitrogen and oxygen atoms in total. The molecule has 0 saturated carbocycles. The number of likely N-dealkylation sites (tertiary alicyclic amines) is 1. The molecule has 2 saturated heterocycles. The maximum Gasteiger partial charge on any atom is 0.0534 e. The highest BCUT2D eigenvalue weighted by atomic mass is 16.5. The van der Waals surface area contributed by atoms with E-state index in [-0.39, 0.29) is 0 Å². The minimum Gasteiger partial charge on any atom is -0.381 e. The van der Waals surface area contributed by atoms with Crippen LogP contribution in [0.3, 0.4) is 0 Å². The zero-order valence-electron chi connectivity index (χ0n) is 17.0. The molecule has 5 rings (SSSR count). The molecule has 1 aromatic heterocycles. The highest BCUT2D eigenvalue weighted by Crippen LogP contribution is 2.42. The maximum absolute atomic E-state index is 5.64.